The van der Waals surface area contributed by atoms with Crippen LogP contribution in [0.15, 0.2) is 39.8 Å². The molecule has 7 heteroatoms. The highest BCUT2D eigenvalue weighted by Crippen LogP contribution is 2.27. The van der Waals surface area contributed by atoms with Crippen molar-refractivity contribution in [2.24, 2.45) is 0 Å². The van der Waals surface area contributed by atoms with Gasteiger partial charge in [0.15, 0.2) is 4.91 Å². The van der Waals surface area contributed by atoms with E-state index in [0.29, 0.717) is 18.7 Å². The van der Waals surface area contributed by atoms with Crippen LogP contribution < -0.4 is 5.32 Å². The Morgan fingerprint density at radius 2 is 1.95 bits per heavy atom. The topological polar surface area (TPSA) is 72.5 Å². The molecule has 1 aliphatic heterocycles. The van der Waals surface area contributed by atoms with Crippen molar-refractivity contribution in [3.05, 3.63) is 40.7 Å². The first-order chi connectivity index (χ1) is 10.5. The van der Waals surface area contributed by atoms with Gasteiger partial charge in [-0.2, -0.15) is 0 Å². The number of hydrogen-bond donors (Lipinski definition) is 1. The maximum atomic E-state index is 13.9. The van der Waals surface area contributed by atoms with Crippen LogP contribution in [0, 0.1) is 5.82 Å². The zero-order valence-corrected chi connectivity index (χ0v) is 13.1. The highest BCUT2D eigenvalue weighted by atomic mass is 32.2. The largest absolute Gasteiger partial charge is 0.465 e. The van der Waals surface area contributed by atoms with Crippen LogP contribution in [-0.2, 0) is 19.4 Å². The number of halogens is 1. The van der Waals surface area contributed by atoms with Gasteiger partial charge >= 0.3 is 5.97 Å². The van der Waals surface area contributed by atoms with Crippen molar-refractivity contribution in [1.29, 1.82) is 0 Å². The third-order valence-corrected chi connectivity index (χ3v) is 5.34. The molecule has 0 bridgehead atoms. The maximum Gasteiger partial charge on any atom is 0.351 e. The number of ether oxygens (including phenoxy) is 1. The first-order valence-corrected chi connectivity index (χ1v) is 8.51. The molecule has 0 spiro atoms. The van der Waals surface area contributed by atoms with Gasteiger partial charge in [0.2, 0.25) is 9.84 Å². The predicted molar refractivity (Wildman–Crippen MR) is 79.1 cm³/mol. The quantitative estimate of drug-likeness (QED) is 0.680. The zero-order chi connectivity index (χ0) is 16.2. The third-order valence-electron chi connectivity index (χ3n) is 3.48. The van der Waals surface area contributed by atoms with Crippen LogP contribution in [0.5, 0.6) is 0 Å². The fourth-order valence-corrected chi connectivity index (χ4v) is 3.99. The molecule has 1 fully saturated rings. The molecule has 0 saturated carbocycles. The molecule has 2 rings (SSSR count). The number of esters is 1. The molecule has 22 heavy (non-hydrogen) atoms. The highest BCUT2D eigenvalue weighted by Gasteiger charge is 2.33. The number of hydrogen-bond acceptors (Lipinski definition) is 5. The van der Waals surface area contributed by atoms with Crippen molar-refractivity contribution < 1.29 is 22.3 Å². The first-order valence-electron chi connectivity index (χ1n) is 7.03. The second-order valence-electron chi connectivity index (χ2n) is 4.97. The van der Waals surface area contributed by atoms with E-state index < -0.39 is 31.4 Å². The van der Waals surface area contributed by atoms with E-state index in [0.717, 1.165) is 38.5 Å². The van der Waals surface area contributed by atoms with Crippen molar-refractivity contribution in [3.8, 4) is 0 Å². The van der Waals surface area contributed by atoms with Gasteiger partial charge in [0.25, 0.3) is 0 Å². The molecule has 1 N–H and O–H groups in total. The van der Waals surface area contributed by atoms with E-state index in [9.17, 15) is 17.6 Å². The second-order valence-corrected chi connectivity index (χ2v) is 6.83. The molecule has 1 aromatic rings. The summed E-state index contributed by atoms with van der Waals surface area (Å²) in [5, 5.41) is 2.97. The van der Waals surface area contributed by atoms with Crippen molar-refractivity contribution in [2.45, 2.75) is 30.6 Å². The monoisotopic (exact) mass is 327 g/mol. The Hall–Kier alpha value is -1.89. The van der Waals surface area contributed by atoms with Gasteiger partial charge in [-0.05, 0) is 31.4 Å². The fourth-order valence-electron chi connectivity index (χ4n) is 2.39. The molecule has 0 atom stereocenters. The Morgan fingerprint density at radius 3 is 2.64 bits per heavy atom. The molecular formula is C15H18FNO4S. The van der Waals surface area contributed by atoms with Gasteiger partial charge < -0.3 is 10.1 Å². The molecule has 0 amide bonds. The second kappa shape index (κ2) is 6.91. The SMILES string of the molecule is COC(=O)/C(=C1\CCCCCN1)S(=O)(=O)c1ccccc1F. The minimum absolute atomic E-state index is 0.299. The van der Waals surface area contributed by atoms with Gasteiger partial charge in [-0.15, -0.1) is 0 Å². The smallest absolute Gasteiger partial charge is 0.351 e. The number of benzene rings is 1. The average Bonchev–Trinajstić information content (AvgIpc) is 2.76. The Bertz CT molecular complexity index is 687. The van der Waals surface area contributed by atoms with Crippen molar-refractivity contribution >= 4 is 15.8 Å². The van der Waals surface area contributed by atoms with Crippen LogP contribution in [0.3, 0.4) is 0 Å². The number of methoxy groups -OCH3 is 1. The minimum Gasteiger partial charge on any atom is -0.465 e. The van der Waals surface area contributed by atoms with E-state index in [1.807, 2.05) is 0 Å². The van der Waals surface area contributed by atoms with Gasteiger partial charge in [0, 0.05) is 12.2 Å². The summed E-state index contributed by atoms with van der Waals surface area (Å²) in [6, 6.07) is 5.00. The lowest BCUT2D eigenvalue weighted by Gasteiger charge is -2.14. The lowest BCUT2D eigenvalue weighted by Crippen LogP contribution is -2.24. The molecule has 0 aromatic heterocycles. The van der Waals surface area contributed by atoms with E-state index in [1.54, 1.807) is 0 Å². The van der Waals surface area contributed by atoms with E-state index in [2.05, 4.69) is 10.1 Å². The number of carbonyl (C=O) groups is 1. The Morgan fingerprint density at radius 1 is 1.23 bits per heavy atom. The van der Waals surface area contributed by atoms with Gasteiger partial charge in [-0.1, -0.05) is 18.6 Å². The van der Waals surface area contributed by atoms with Crippen LogP contribution in [0.2, 0.25) is 0 Å². The standard InChI is InChI=1S/C15H18FNO4S/c1-21-15(18)14(12-8-3-2-6-10-17-12)22(19,20)13-9-5-4-7-11(13)16/h4-5,7,9,17H,2-3,6,8,10H2,1H3/b14-12-. The van der Waals surface area contributed by atoms with Crippen LogP contribution in [0.4, 0.5) is 4.39 Å². The Balaban J connectivity index is 2.61. The minimum atomic E-state index is -4.29. The van der Waals surface area contributed by atoms with Crippen LogP contribution in [0.1, 0.15) is 25.7 Å². The highest BCUT2D eigenvalue weighted by molar-refractivity contribution is 7.96. The molecule has 1 saturated heterocycles. The molecule has 120 valence electrons. The summed E-state index contributed by atoms with van der Waals surface area (Å²) in [6.07, 6.45) is 3.00. The molecule has 1 heterocycles. The van der Waals surface area contributed by atoms with E-state index >= 15 is 0 Å². The number of allylic oxidation sites excluding steroid dienone is 1. The van der Waals surface area contributed by atoms with E-state index in [4.69, 9.17) is 0 Å². The third kappa shape index (κ3) is 3.30. The molecule has 1 aliphatic rings. The molecular weight excluding hydrogens is 309 g/mol. The van der Waals surface area contributed by atoms with E-state index in [1.165, 1.54) is 12.1 Å². The Labute approximate surface area is 129 Å². The first kappa shape index (κ1) is 16.5. The summed E-state index contributed by atoms with van der Waals surface area (Å²) >= 11 is 0. The molecule has 0 aliphatic carbocycles. The molecule has 0 unspecified atom stereocenters. The summed E-state index contributed by atoms with van der Waals surface area (Å²) < 4.78 is 44.0. The normalized spacial score (nSPS) is 18.1. The number of nitrogens with one attached hydrogen (secondary N) is 1. The summed E-state index contributed by atoms with van der Waals surface area (Å²) in [4.78, 5) is 11.0. The number of rotatable bonds is 3. The average molecular weight is 327 g/mol. The summed E-state index contributed by atoms with van der Waals surface area (Å²) in [7, 11) is -3.18. The van der Waals surface area contributed by atoms with Gasteiger partial charge in [-0.25, -0.2) is 17.6 Å². The molecule has 0 radical (unpaired) electrons. The number of sulfone groups is 1. The molecule has 1 aromatic carbocycles. The van der Waals surface area contributed by atoms with Crippen molar-refractivity contribution in [3.63, 3.8) is 0 Å². The lowest BCUT2D eigenvalue weighted by atomic mass is 10.2. The molecule has 5 nitrogen and oxygen atoms in total. The van der Waals surface area contributed by atoms with Crippen LogP contribution in [0.25, 0.3) is 0 Å². The maximum absolute atomic E-state index is 13.9. The van der Waals surface area contributed by atoms with Gasteiger partial charge in [-0.3, -0.25) is 0 Å². The van der Waals surface area contributed by atoms with Crippen molar-refractivity contribution in [2.75, 3.05) is 13.7 Å². The number of carbonyl (C=O) groups excluding carboxylic acids is 1. The van der Waals surface area contributed by atoms with Gasteiger partial charge in [0.05, 0.1) is 7.11 Å². The van der Waals surface area contributed by atoms with Crippen LogP contribution >= 0.6 is 0 Å². The van der Waals surface area contributed by atoms with Crippen molar-refractivity contribution in [1.82, 2.24) is 5.32 Å². The zero-order valence-electron chi connectivity index (χ0n) is 12.3. The predicted octanol–water partition coefficient (Wildman–Crippen LogP) is 2.15. The van der Waals surface area contributed by atoms with E-state index in [-0.39, 0.29) is 0 Å². The lowest BCUT2D eigenvalue weighted by molar-refractivity contribution is -0.135. The summed E-state index contributed by atoms with van der Waals surface area (Å²) in [6.45, 7) is 0.572. The fraction of sp³-hybridized carbons (Fsp3) is 0.400. The summed E-state index contributed by atoms with van der Waals surface area (Å²) in [5.74, 6) is -1.87. The Kier molecular flexibility index (Phi) is 5.18. The summed E-state index contributed by atoms with van der Waals surface area (Å²) in [5.41, 5.74) is 0.299. The van der Waals surface area contributed by atoms with Crippen LogP contribution in [-0.4, -0.2) is 28.0 Å². The van der Waals surface area contributed by atoms with Gasteiger partial charge in [0.1, 0.15) is 10.7 Å².